The fourth-order valence-electron chi connectivity index (χ4n) is 1.61. The SMILES string of the molecule is CCOc1ccc(C(=O)COc2cncc(Cl)c2)cc1. The van der Waals surface area contributed by atoms with Gasteiger partial charge in [0.2, 0.25) is 0 Å². The van der Waals surface area contributed by atoms with Gasteiger partial charge in [0, 0.05) is 17.8 Å². The molecule has 0 saturated carbocycles. The number of rotatable bonds is 6. The number of hydrogen-bond acceptors (Lipinski definition) is 4. The second-order valence-electron chi connectivity index (χ2n) is 4.01. The smallest absolute Gasteiger partial charge is 0.200 e. The van der Waals surface area contributed by atoms with Crippen LogP contribution in [0.4, 0.5) is 0 Å². The van der Waals surface area contributed by atoms with Gasteiger partial charge in [0.05, 0.1) is 17.8 Å². The van der Waals surface area contributed by atoms with Crippen molar-refractivity contribution >= 4 is 17.4 Å². The summed E-state index contributed by atoms with van der Waals surface area (Å²) in [5, 5.41) is 0.469. The Labute approximate surface area is 122 Å². The van der Waals surface area contributed by atoms with Crippen molar-refractivity contribution < 1.29 is 14.3 Å². The van der Waals surface area contributed by atoms with Crippen molar-refractivity contribution in [2.75, 3.05) is 13.2 Å². The molecule has 0 bridgehead atoms. The number of pyridine rings is 1. The van der Waals surface area contributed by atoms with E-state index >= 15 is 0 Å². The Balaban J connectivity index is 1.94. The van der Waals surface area contributed by atoms with E-state index in [2.05, 4.69) is 4.98 Å². The molecule has 1 heterocycles. The lowest BCUT2D eigenvalue weighted by Crippen LogP contribution is -2.11. The number of ketones is 1. The molecule has 0 aliphatic heterocycles. The summed E-state index contributed by atoms with van der Waals surface area (Å²) in [6, 6.07) is 8.56. The minimum absolute atomic E-state index is 0.0595. The molecule has 0 fully saturated rings. The van der Waals surface area contributed by atoms with Gasteiger partial charge in [0.25, 0.3) is 0 Å². The Morgan fingerprint density at radius 3 is 2.55 bits per heavy atom. The zero-order chi connectivity index (χ0) is 14.4. The van der Waals surface area contributed by atoms with Crippen molar-refractivity contribution in [3.63, 3.8) is 0 Å². The Kier molecular flexibility index (Phi) is 4.96. The van der Waals surface area contributed by atoms with Gasteiger partial charge in [0.15, 0.2) is 12.4 Å². The number of nitrogens with zero attached hydrogens (tertiary/aromatic N) is 1. The summed E-state index contributed by atoms with van der Waals surface area (Å²) in [5.74, 6) is 1.09. The molecule has 0 amide bonds. The highest BCUT2D eigenvalue weighted by Crippen LogP contribution is 2.16. The van der Waals surface area contributed by atoms with Crippen LogP contribution in [0.1, 0.15) is 17.3 Å². The van der Waals surface area contributed by atoms with Crippen LogP contribution in [0.15, 0.2) is 42.7 Å². The average Bonchev–Trinajstić information content (AvgIpc) is 2.46. The molecule has 0 aliphatic rings. The highest BCUT2D eigenvalue weighted by atomic mass is 35.5. The first-order chi connectivity index (χ1) is 9.69. The molecular weight excluding hydrogens is 278 g/mol. The summed E-state index contributed by atoms with van der Waals surface area (Å²) in [6.45, 7) is 2.44. The molecule has 0 N–H and O–H groups in total. The predicted molar refractivity (Wildman–Crippen MR) is 76.7 cm³/mol. The second kappa shape index (κ2) is 6.91. The normalized spacial score (nSPS) is 10.1. The van der Waals surface area contributed by atoms with Crippen LogP contribution in [-0.2, 0) is 0 Å². The number of Topliss-reactive ketones (excluding diaryl/α,β-unsaturated/α-hetero) is 1. The van der Waals surface area contributed by atoms with Crippen molar-refractivity contribution in [3.05, 3.63) is 53.3 Å². The van der Waals surface area contributed by atoms with E-state index in [0.29, 0.717) is 22.9 Å². The third kappa shape index (κ3) is 3.96. The van der Waals surface area contributed by atoms with Crippen LogP contribution >= 0.6 is 11.6 Å². The molecule has 0 atom stereocenters. The molecule has 0 aliphatic carbocycles. The molecule has 20 heavy (non-hydrogen) atoms. The van der Waals surface area contributed by atoms with E-state index < -0.39 is 0 Å². The van der Waals surface area contributed by atoms with Crippen LogP contribution in [0.2, 0.25) is 5.02 Å². The van der Waals surface area contributed by atoms with Crippen LogP contribution in [-0.4, -0.2) is 24.0 Å². The number of hydrogen-bond donors (Lipinski definition) is 0. The highest BCUT2D eigenvalue weighted by Gasteiger charge is 2.07. The summed E-state index contributed by atoms with van der Waals surface area (Å²) in [7, 11) is 0. The van der Waals surface area contributed by atoms with Crippen LogP contribution < -0.4 is 9.47 Å². The molecule has 2 rings (SSSR count). The lowest BCUT2D eigenvalue weighted by Gasteiger charge is -2.06. The Bertz CT molecular complexity index is 584. The number of aromatic nitrogens is 1. The van der Waals surface area contributed by atoms with Gasteiger partial charge in [-0.15, -0.1) is 0 Å². The molecule has 104 valence electrons. The zero-order valence-electron chi connectivity index (χ0n) is 11.0. The van der Waals surface area contributed by atoms with Gasteiger partial charge >= 0.3 is 0 Å². The maximum absolute atomic E-state index is 12.0. The summed E-state index contributed by atoms with van der Waals surface area (Å²) in [4.78, 5) is 15.8. The number of halogens is 1. The van der Waals surface area contributed by atoms with Gasteiger partial charge in [-0.2, -0.15) is 0 Å². The standard InChI is InChI=1S/C15H14ClNO3/c1-2-19-13-5-3-11(4-6-13)15(18)10-20-14-7-12(16)8-17-9-14/h3-9H,2,10H2,1H3. The Morgan fingerprint density at radius 2 is 1.90 bits per heavy atom. The largest absolute Gasteiger partial charge is 0.494 e. The topological polar surface area (TPSA) is 48.4 Å². The predicted octanol–water partition coefficient (Wildman–Crippen LogP) is 3.40. The van der Waals surface area contributed by atoms with E-state index in [1.54, 1.807) is 30.3 Å². The van der Waals surface area contributed by atoms with Crippen LogP contribution in [0.5, 0.6) is 11.5 Å². The maximum Gasteiger partial charge on any atom is 0.200 e. The Morgan fingerprint density at radius 1 is 1.15 bits per heavy atom. The first-order valence-corrected chi connectivity index (χ1v) is 6.56. The summed E-state index contributed by atoms with van der Waals surface area (Å²) in [6.07, 6.45) is 3.01. The quantitative estimate of drug-likeness (QED) is 0.765. The molecule has 1 aromatic heterocycles. The van der Waals surface area contributed by atoms with Crippen molar-refractivity contribution in [1.82, 2.24) is 4.98 Å². The molecular formula is C15H14ClNO3. The van der Waals surface area contributed by atoms with Crippen LogP contribution in [0, 0.1) is 0 Å². The lowest BCUT2D eigenvalue weighted by molar-refractivity contribution is 0.0921. The second-order valence-corrected chi connectivity index (χ2v) is 4.44. The number of carbonyl (C=O) groups is 1. The van der Waals surface area contributed by atoms with E-state index in [-0.39, 0.29) is 12.4 Å². The van der Waals surface area contributed by atoms with E-state index in [4.69, 9.17) is 21.1 Å². The van der Waals surface area contributed by atoms with Gasteiger partial charge in [-0.3, -0.25) is 9.78 Å². The number of ether oxygens (including phenoxy) is 2. The minimum atomic E-state index is -0.118. The van der Waals surface area contributed by atoms with Crippen molar-refractivity contribution in [2.45, 2.75) is 6.92 Å². The van der Waals surface area contributed by atoms with Gasteiger partial charge in [-0.1, -0.05) is 11.6 Å². The van der Waals surface area contributed by atoms with Gasteiger partial charge in [-0.05, 0) is 31.2 Å². The van der Waals surface area contributed by atoms with E-state index in [9.17, 15) is 4.79 Å². The first kappa shape index (κ1) is 14.3. The van der Waals surface area contributed by atoms with Crippen molar-refractivity contribution in [3.8, 4) is 11.5 Å². The number of carbonyl (C=O) groups excluding carboxylic acids is 1. The van der Waals surface area contributed by atoms with Crippen molar-refractivity contribution in [2.24, 2.45) is 0 Å². The summed E-state index contributed by atoms with van der Waals surface area (Å²) < 4.78 is 10.7. The fourth-order valence-corrected chi connectivity index (χ4v) is 1.77. The summed E-state index contributed by atoms with van der Waals surface area (Å²) in [5.41, 5.74) is 0.573. The maximum atomic E-state index is 12.0. The molecule has 0 saturated heterocycles. The monoisotopic (exact) mass is 291 g/mol. The zero-order valence-corrected chi connectivity index (χ0v) is 11.8. The molecule has 4 nitrogen and oxygen atoms in total. The first-order valence-electron chi connectivity index (χ1n) is 6.18. The van der Waals surface area contributed by atoms with Crippen molar-refractivity contribution in [1.29, 1.82) is 0 Å². The van der Waals surface area contributed by atoms with Gasteiger partial charge < -0.3 is 9.47 Å². The summed E-state index contributed by atoms with van der Waals surface area (Å²) >= 11 is 5.78. The van der Waals surface area contributed by atoms with Gasteiger partial charge in [-0.25, -0.2) is 0 Å². The van der Waals surface area contributed by atoms with E-state index in [0.717, 1.165) is 5.75 Å². The molecule has 2 aromatic rings. The van der Waals surface area contributed by atoms with Crippen LogP contribution in [0.25, 0.3) is 0 Å². The van der Waals surface area contributed by atoms with Gasteiger partial charge in [0.1, 0.15) is 11.5 Å². The third-order valence-corrected chi connectivity index (χ3v) is 2.74. The molecule has 0 spiro atoms. The highest BCUT2D eigenvalue weighted by molar-refractivity contribution is 6.30. The van der Waals surface area contributed by atoms with Crippen LogP contribution in [0.3, 0.4) is 0 Å². The lowest BCUT2D eigenvalue weighted by atomic mass is 10.1. The molecule has 1 aromatic carbocycles. The average molecular weight is 292 g/mol. The molecule has 0 radical (unpaired) electrons. The third-order valence-electron chi connectivity index (χ3n) is 2.54. The number of benzene rings is 1. The molecule has 5 heteroatoms. The molecule has 0 unspecified atom stereocenters. The van der Waals surface area contributed by atoms with E-state index in [1.807, 2.05) is 6.92 Å². The minimum Gasteiger partial charge on any atom is -0.494 e. The fraction of sp³-hybridized carbons (Fsp3) is 0.200. The Hall–Kier alpha value is -2.07. The van der Waals surface area contributed by atoms with E-state index in [1.165, 1.54) is 12.4 Å².